The summed E-state index contributed by atoms with van der Waals surface area (Å²) in [5.74, 6) is 0.161. The van der Waals surface area contributed by atoms with Crippen LogP contribution in [0.3, 0.4) is 0 Å². The molecule has 1 N–H and O–H groups in total. The molecule has 1 aromatic carbocycles. The Hall–Kier alpha value is -1.75. The summed E-state index contributed by atoms with van der Waals surface area (Å²) in [5, 5.41) is 12.2. The van der Waals surface area contributed by atoms with Crippen molar-refractivity contribution in [3.8, 4) is 11.5 Å². The van der Waals surface area contributed by atoms with Gasteiger partial charge in [-0.2, -0.15) is 4.98 Å². The summed E-state index contributed by atoms with van der Waals surface area (Å²) in [7, 11) is 0. The van der Waals surface area contributed by atoms with Gasteiger partial charge < -0.3 is 9.63 Å². The van der Waals surface area contributed by atoms with Crippen LogP contribution in [0.15, 0.2) is 28.8 Å². The molecule has 0 atom stereocenters. The molecule has 1 aromatic heterocycles. The van der Waals surface area contributed by atoms with Crippen LogP contribution in [0.5, 0.6) is 0 Å². The molecule has 0 radical (unpaired) electrons. The van der Waals surface area contributed by atoms with E-state index in [1.165, 1.54) is 24.3 Å². The Morgan fingerprint density at radius 2 is 2.00 bits per heavy atom. The number of hydrogen-bond acceptors (Lipinski definition) is 4. The molecule has 2 aromatic rings. The molecular weight excluding hydrogens is 187 g/mol. The topological polar surface area (TPSA) is 59.2 Å². The average molecular weight is 194 g/mol. The molecule has 1 heterocycles. The zero-order valence-corrected chi connectivity index (χ0v) is 7.14. The highest BCUT2D eigenvalue weighted by molar-refractivity contribution is 5.52. The lowest BCUT2D eigenvalue weighted by Gasteiger charge is -1.92. The third kappa shape index (κ3) is 1.62. The summed E-state index contributed by atoms with van der Waals surface area (Å²) in [6, 6.07) is 5.67. The fourth-order valence-corrected chi connectivity index (χ4v) is 1.03. The predicted molar refractivity (Wildman–Crippen MR) is 45.6 cm³/mol. The van der Waals surface area contributed by atoms with E-state index in [1.807, 2.05) is 0 Å². The van der Waals surface area contributed by atoms with E-state index < -0.39 is 0 Å². The molecule has 0 aliphatic heterocycles. The molecule has 0 amide bonds. The zero-order chi connectivity index (χ0) is 9.97. The minimum absolute atomic E-state index is 0.212. The molecule has 14 heavy (non-hydrogen) atoms. The van der Waals surface area contributed by atoms with E-state index in [1.54, 1.807) is 0 Å². The summed E-state index contributed by atoms with van der Waals surface area (Å²) < 4.78 is 17.4. The van der Waals surface area contributed by atoms with Gasteiger partial charge in [-0.3, -0.25) is 0 Å². The molecular formula is C9H7FN2O2. The van der Waals surface area contributed by atoms with Crippen LogP contribution in [0.4, 0.5) is 4.39 Å². The number of halogens is 1. The summed E-state index contributed by atoms with van der Waals surface area (Å²) >= 11 is 0. The van der Waals surface area contributed by atoms with Crippen molar-refractivity contribution in [2.75, 3.05) is 0 Å². The van der Waals surface area contributed by atoms with Gasteiger partial charge in [-0.15, -0.1) is 0 Å². The maximum absolute atomic E-state index is 12.6. The third-order valence-electron chi connectivity index (χ3n) is 1.70. The lowest BCUT2D eigenvalue weighted by Crippen LogP contribution is -1.84. The highest BCUT2D eigenvalue weighted by Gasteiger charge is 2.07. The van der Waals surface area contributed by atoms with Crippen LogP contribution >= 0.6 is 0 Å². The fraction of sp³-hybridized carbons (Fsp3) is 0.111. The number of hydrogen-bond donors (Lipinski definition) is 1. The van der Waals surface area contributed by atoms with Gasteiger partial charge >= 0.3 is 0 Å². The quantitative estimate of drug-likeness (QED) is 0.784. The number of aliphatic hydroxyl groups is 1. The van der Waals surface area contributed by atoms with Crippen molar-refractivity contribution in [1.29, 1.82) is 0 Å². The summed E-state index contributed by atoms with van der Waals surface area (Å²) in [6.45, 7) is -0.273. The Labute approximate surface area is 79.0 Å². The van der Waals surface area contributed by atoms with E-state index in [4.69, 9.17) is 9.63 Å². The number of aromatic nitrogens is 2. The summed E-state index contributed by atoms with van der Waals surface area (Å²) in [6.07, 6.45) is 0. The second-order valence-corrected chi connectivity index (χ2v) is 2.68. The third-order valence-corrected chi connectivity index (χ3v) is 1.70. The SMILES string of the molecule is OCc1noc(-c2ccc(F)cc2)n1. The lowest BCUT2D eigenvalue weighted by molar-refractivity contribution is 0.264. The van der Waals surface area contributed by atoms with Gasteiger partial charge in [0.1, 0.15) is 12.4 Å². The van der Waals surface area contributed by atoms with Crippen molar-refractivity contribution in [1.82, 2.24) is 10.1 Å². The molecule has 0 aliphatic carbocycles. The second-order valence-electron chi connectivity index (χ2n) is 2.68. The first kappa shape index (κ1) is 8.83. The summed E-state index contributed by atoms with van der Waals surface area (Å²) in [4.78, 5) is 3.88. The maximum atomic E-state index is 12.6. The highest BCUT2D eigenvalue weighted by Crippen LogP contribution is 2.16. The van der Waals surface area contributed by atoms with Crippen LogP contribution in [0.2, 0.25) is 0 Å². The molecule has 0 aliphatic rings. The first-order chi connectivity index (χ1) is 6.79. The van der Waals surface area contributed by atoms with E-state index in [0.29, 0.717) is 5.56 Å². The van der Waals surface area contributed by atoms with Crippen LogP contribution in [0.1, 0.15) is 5.82 Å². The molecule has 0 saturated carbocycles. The van der Waals surface area contributed by atoms with Gasteiger partial charge in [-0.1, -0.05) is 5.16 Å². The number of aliphatic hydroxyl groups excluding tert-OH is 1. The minimum Gasteiger partial charge on any atom is -0.388 e. The largest absolute Gasteiger partial charge is 0.388 e. The Bertz CT molecular complexity index is 425. The smallest absolute Gasteiger partial charge is 0.258 e. The molecule has 0 fully saturated rings. The van der Waals surface area contributed by atoms with Crippen LogP contribution < -0.4 is 0 Å². The molecule has 0 unspecified atom stereocenters. The van der Waals surface area contributed by atoms with Crippen molar-refractivity contribution in [2.45, 2.75) is 6.61 Å². The van der Waals surface area contributed by atoms with Gasteiger partial charge in [0.15, 0.2) is 5.82 Å². The van der Waals surface area contributed by atoms with E-state index in [-0.39, 0.29) is 24.1 Å². The van der Waals surface area contributed by atoms with Gasteiger partial charge in [0.2, 0.25) is 0 Å². The van der Waals surface area contributed by atoms with Crippen LogP contribution in [-0.4, -0.2) is 15.2 Å². The maximum Gasteiger partial charge on any atom is 0.258 e. The first-order valence-electron chi connectivity index (χ1n) is 3.99. The van der Waals surface area contributed by atoms with E-state index >= 15 is 0 Å². The molecule has 72 valence electrons. The second kappa shape index (κ2) is 3.55. The zero-order valence-electron chi connectivity index (χ0n) is 7.14. The van der Waals surface area contributed by atoms with Crippen molar-refractivity contribution in [3.63, 3.8) is 0 Å². The Kier molecular flexibility index (Phi) is 2.24. The molecule has 5 heteroatoms. The minimum atomic E-state index is -0.323. The van der Waals surface area contributed by atoms with Gasteiger partial charge in [0.25, 0.3) is 5.89 Å². The molecule has 0 saturated heterocycles. The standard InChI is InChI=1S/C9H7FN2O2/c10-7-3-1-6(2-4-7)9-11-8(5-13)12-14-9/h1-4,13H,5H2. The van der Waals surface area contributed by atoms with Crippen molar-refractivity contribution >= 4 is 0 Å². The van der Waals surface area contributed by atoms with E-state index in [0.717, 1.165) is 0 Å². The molecule has 2 rings (SSSR count). The number of benzene rings is 1. The van der Waals surface area contributed by atoms with E-state index in [2.05, 4.69) is 10.1 Å². The van der Waals surface area contributed by atoms with Crippen LogP contribution in [0, 0.1) is 5.82 Å². The lowest BCUT2D eigenvalue weighted by atomic mass is 10.2. The Morgan fingerprint density at radius 1 is 1.29 bits per heavy atom. The van der Waals surface area contributed by atoms with Gasteiger partial charge in [-0.25, -0.2) is 4.39 Å². The number of rotatable bonds is 2. The normalized spacial score (nSPS) is 10.4. The first-order valence-corrected chi connectivity index (χ1v) is 3.99. The Balaban J connectivity index is 2.34. The van der Waals surface area contributed by atoms with Crippen molar-refractivity contribution in [3.05, 3.63) is 35.9 Å². The van der Waals surface area contributed by atoms with Crippen LogP contribution in [0.25, 0.3) is 11.5 Å². The summed E-state index contributed by atoms with van der Waals surface area (Å²) in [5.41, 5.74) is 0.624. The average Bonchev–Trinajstić information content (AvgIpc) is 2.67. The monoisotopic (exact) mass is 194 g/mol. The van der Waals surface area contributed by atoms with Gasteiger partial charge in [0.05, 0.1) is 0 Å². The van der Waals surface area contributed by atoms with Crippen molar-refractivity contribution in [2.24, 2.45) is 0 Å². The number of nitrogens with zero attached hydrogens (tertiary/aromatic N) is 2. The van der Waals surface area contributed by atoms with Gasteiger partial charge in [-0.05, 0) is 24.3 Å². The fourth-order valence-electron chi connectivity index (χ4n) is 1.03. The molecule has 0 spiro atoms. The van der Waals surface area contributed by atoms with E-state index in [9.17, 15) is 4.39 Å². The Morgan fingerprint density at radius 3 is 2.57 bits per heavy atom. The van der Waals surface area contributed by atoms with Crippen molar-refractivity contribution < 1.29 is 14.0 Å². The molecule has 0 bridgehead atoms. The molecule has 4 nitrogen and oxygen atoms in total. The highest BCUT2D eigenvalue weighted by atomic mass is 19.1. The predicted octanol–water partition coefficient (Wildman–Crippen LogP) is 1.37. The van der Waals surface area contributed by atoms with Gasteiger partial charge in [0, 0.05) is 5.56 Å². The van der Waals surface area contributed by atoms with Crippen LogP contribution in [-0.2, 0) is 6.61 Å².